The number of thiophene rings is 1. The van der Waals surface area contributed by atoms with Crippen LogP contribution in [0.15, 0.2) is 46.0 Å². The summed E-state index contributed by atoms with van der Waals surface area (Å²) >= 11 is 6.91. The Morgan fingerprint density at radius 2 is 1.76 bits per heavy atom. The fraction of sp³-hybridized carbons (Fsp3) is 0.389. The number of aliphatic carboxylic acids is 1. The highest BCUT2D eigenvalue weighted by Gasteiger charge is 2.34. The molecule has 0 saturated carbocycles. The van der Waals surface area contributed by atoms with E-state index in [1.54, 1.807) is 11.4 Å². The molecule has 7 heteroatoms. The summed E-state index contributed by atoms with van der Waals surface area (Å²) in [5.74, 6) is -1.27. The third-order valence-electron chi connectivity index (χ3n) is 4.02. The van der Waals surface area contributed by atoms with E-state index in [4.69, 9.17) is 11.6 Å². The van der Waals surface area contributed by atoms with Crippen LogP contribution in [0.1, 0.15) is 37.7 Å². The standard InChI is InChI=1S/C18H21ClO4S2/c19-15-11-9-14(10-12-15)6-3-1-2-4-7-16(18(20)21)25(22,23)17-8-5-13-24-17/h5,8-13,16H,1-4,6-7H2,(H,20,21). The van der Waals surface area contributed by atoms with E-state index in [0.29, 0.717) is 6.42 Å². The van der Waals surface area contributed by atoms with E-state index >= 15 is 0 Å². The molecule has 0 fully saturated rings. The summed E-state index contributed by atoms with van der Waals surface area (Å²) in [4.78, 5) is 11.4. The Morgan fingerprint density at radius 3 is 2.36 bits per heavy atom. The molecule has 1 aromatic carbocycles. The second kappa shape index (κ2) is 9.36. The monoisotopic (exact) mass is 400 g/mol. The van der Waals surface area contributed by atoms with Crippen molar-refractivity contribution in [3.8, 4) is 0 Å². The Hall–Kier alpha value is -1.37. The minimum absolute atomic E-state index is 0.127. The number of hydrogen-bond donors (Lipinski definition) is 1. The molecule has 0 aliphatic carbocycles. The first-order valence-electron chi connectivity index (χ1n) is 8.16. The number of halogens is 1. The lowest BCUT2D eigenvalue weighted by molar-refractivity contribution is -0.136. The molecule has 1 aromatic heterocycles. The van der Waals surface area contributed by atoms with Crippen LogP contribution in [0.25, 0.3) is 0 Å². The van der Waals surface area contributed by atoms with Gasteiger partial charge in [-0.15, -0.1) is 11.3 Å². The molecule has 4 nitrogen and oxygen atoms in total. The van der Waals surface area contributed by atoms with Crippen molar-refractivity contribution in [3.63, 3.8) is 0 Å². The third kappa shape index (κ3) is 5.83. The summed E-state index contributed by atoms with van der Waals surface area (Å²) in [6.07, 6.45) is 4.41. The zero-order valence-corrected chi connectivity index (χ0v) is 16.1. The Morgan fingerprint density at radius 1 is 1.08 bits per heavy atom. The SMILES string of the molecule is O=C(O)C(CCCCCCc1ccc(Cl)cc1)S(=O)(=O)c1cccs1. The van der Waals surface area contributed by atoms with Gasteiger partial charge in [0.05, 0.1) is 0 Å². The normalized spacial score (nSPS) is 12.8. The largest absolute Gasteiger partial charge is 0.480 e. The molecule has 25 heavy (non-hydrogen) atoms. The van der Waals surface area contributed by atoms with E-state index in [2.05, 4.69) is 0 Å². The summed E-state index contributed by atoms with van der Waals surface area (Å²) < 4.78 is 24.9. The smallest absolute Gasteiger partial charge is 0.322 e. The van der Waals surface area contributed by atoms with Crippen molar-refractivity contribution in [2.75, 3.05) is 0 Å². The lowest BCUT2D eigenvalue weighted by atomic mass is 10.0. The zero-order valence-electron chi connectivity index (χ0n) is 13.7. The molecule has 0 aliphatic rings. The van der Waals surface area contributed by atoms with Crippen molar-refractivity contribution < 1.29 is 18.3 Å². The molecule has 0 aliphatic heterocycles. The molecule has 2 rings (SSSR count). The summed E-state index contributed by atoms with van der Waals surface area (Å²) in [6.45, 7) is 0. The van der Waals surface area contributed by atoms with Crippen molar-refractivity contribution in [2.45, 2.75) is 48.0 Å². The highest BCUT2D eigenvalue weighted by molar-refractivity contribution is 7.94. The first-order chi connectivity index (χ1) is 11.9. The van der Waals surface area contributed by atoms with Gasteiger partial charge in [-0.2, -0.15) is 0 Å². The van der Waals surface area contributed by atoms with E-state index < -0.39 is 21.1 Å². The fourth-order valence-electron chi connectivity index (χ4n) is 2.64. The van der Waals surface area contributed by atoms with Gasteiger partial charge in [0.15, 0.2) is 5.25 Å². The minimum atomic E-state index is -3.79. The van der Waals surface area contributed by atoms with Gasteiger partial charge in [0.2, 0.25) is 9.84 Å². The molecule has 0 bridgehead atoms. The van der Waals surface area contributed by atoms with E-state index in [1.807, 2.05) is 24.3 Å². The quantitative estimate of drug-likeness (QED) is 0.580. The molecule has 0 spiro atoms. The fourth-order valence-corrected chi connectivity index (χ4v) is 5.56. The van der Waals surface area contributed by atoms with Crippen molar-refractivity contribution in [1.82, 2.24) is 0 Å². The number of unbranched alkanes of at least 4 members (excludes halogenated alkanes) is 3. The number of carbonyl (C=O) groups is 1. The lowest BCUT2D eigenvalue weighted by Gasteiger charge is -2.12. The molecule has 1 unspecified atom stereocenters. The average molecular weight is 401 g/mol. The Kier molecular flexibility index (Phi) is 7.47. The number of sulfone groups is 1. The second-order valence-corrected chi connectivity index (χ2v) is 9.62. The number of hydrogen-bond acceptors (Lipinski definition) is 4. The topological polar surface area (TPSA) is 71.4 Å². The van der Waals surface area contributed by atoms with Gasteiger partial charge in [0.1, 0.15) is 4.21 Å². The zero-order chi connectivity index (χ0) is 18.3. The molecule has 2 aromatic rings. The molecule has 1 N–H and O–H groups in total. The highest BCUT2D eigenvalue weighted by Crippen LogP contribution is 2.25. The molecular formula is C18H21ClO4S2. The Bertz CT molecular complexity index is 768. The van der Waals surface area contributed by atoms with Gasteiger partial charge in [-0.3, -0.25) is 4.79 Å². The molecule has 1 heterocycles. The first kappa shape index (κ1) is 19.9. The predicted octanol–water partition coefficient (Wildman–Crippen LogP) is 4.82. The van der Waals surface area contributed by atoms with E-state index in [1.165, 1.54) is 11.6 Å². The van der Waals surface area contributed by atoms with E-state index in [0.717, 1.165) is 42.0 Å². The maximum Gasteiger partial charge on any atom is 0.322 e. The van der Waals surface area contributed by atoms with Crippen LogP contribution in [0, 0.1) is 0 Å². The summed E-state index contributed by atoms with van der Waals surface area (Å²) in [5.41, 5.74) is 1.22. The van der Waals surface area contributed by atoms with E-state index in [9.17, 15) is 18.3 Å². The van der Waals surface area contributed by atoms with Gasteiger partial charge >= 0.3 is 5.97 Å². The minimum Gasteiger partial charge on any atom is -0.480 e. The van der Waals surface area contributed by atoms with Crippen LogP contribution in [-0.4, -0.2) is 24.7 Å². The number of aryl methyl sites for hydroxylation is 1. The highest BCUT2D eigenvalue weighted by atomic mass is 35.5. The van der Waals surface area contributed by atoms with Crippen LogP contribution >= 0.6 is 22.9 Å². The van der Waals surface area contributed by atoms with Crippen LogP contribution in [0.5, 0.6) is 0 Å². The van der Waals surface area contributed by atoms with Crippen LogP contribution in [-0.2, 0) is 21.1 Å². The third-order valence-corrected chi connectivity index (χ3v) is 7.80. The van der Waals surface area contributed by atoms with Gasteiger partial charge in [-0.05, 0) is 48.4 Å². The van der Waals surface area contributed by atoms with Crippen molar-refractivity contribution in [2.24, 2.45) is 0 Å². The number of carboxylic acids is 1. The number of carboxylic acid groups (broad SMARTS) is 1. The van der Waals surface area contributed by atoms with Gasteiger partial charge in [0.25, 0.3) is 0 Å². The summed E-state index contributed by atoms with van der Waals surface area (Å²) in [6, 6.07) is 10.8. The summed E-state index contributed by atoms with van der Waals surface area (Å²) in [7, 11) is -3.79. The van der Waals surface area contributed by atoms with Crippen molar-refractivity contribution in [3.05, 3.63) is 52.4 Å². The maximum absolute atomic E-state index is 12.4. The van der Waals surface area contributed by atoms with Crippen LogP contribution in [0.2, 0.25) is 5.02 Å². The second-order valence-electron chi connectivity index (χ2n) is 5.88. The van der Waals surface area contributed by atoms with Crippen LogP contribution in [0.4, 0.5) is 0 Å². The molecule has 1 atom stereocenters. The van der Waals surface area contributed by atoms with E-state index in [-0.39, 0.29) is 10.6 Å². The lowest BCUT2D eigenvalue weighted by Crippen LogP contribution is -2.29. The Balaban J connectivity index is 1.76. The predicted molar refractivity (Wildman–Crippen MR) is 101 cm³/mol. The Labute approximate surface area is 157 Å². The molecule has 0 saturated heterocycles. The van der Waals surface area contributed by atoms with Gasteiger partial charge in [0, 0.05) is 5.02 Å². The molecular weight excluding hydrogens is 380 g/mol. The summed E-state index contributed by atoms with van der Waals surface area (Å²) in [5, 5.41) is 10.3. The molecule has 0 amide bonds. The van der Waals surface area contributed by atoms with Crippen molar-refractivity contribution >= 4 is 38.7 Å². The first-order valence-corrected chi connectivity index (χ1v) is 11.0. The van der Waals surface area contributed by atoms with Crippen LogP contribution < -0.4 is 0 Å². The van der Waals surface area contributed by atoms with Crippen LogP contribution in [0.3, 0.4) is 0 Å². The number of rotatable bonds is 10. The number of benzene rings is 1. The molecule has 0 radical (unpaired) electrons. The molecule has 136 valence electrons. The van der Waals surface area contributed by atoms with Gasteiger partial charge in [-0.1, -0.05) is 49.1 Å². The van der Waals surface area contributed by atoms with Gasteiger partial charge in [-0.25, -0.2) is 8.42 Å². The maximum atomic E-state index is 12.4. The average Bonchev–Trinajstić information content (AvgIpc) is 3.10. The van der Waals surface area contributed by atoms with Gasteiger partial charge < -0.3 is 5.11 Å². The van der Waals surface area contributed by atoms with Crippen molar-refractivity contribution in [1.29, 1.82) is 0 Å².